The fraction of sp³-hybridized carbons (Fsp3) is 0.370. The zero-order valence-electron chi connectivity index (χ0n) is 31.9. The van der Waals surface area contributed by atoms with Crippen molar-refractivity contribution in [3.05, 3.63) is 129 Å². The zero-order chi connectivity index (χ0) is 36.2. The standard InChI is InChI=1S/C22H25.C21H23.2CH3.CH2.2ClH.Zr/c1-15(2)18-13-17-7-6-8-20(21(17)14-18)16-9-11-19(12-10-16)22(3,4)5;1-14-12-19-15(2)6-11-18(20(19)13-14)16-7-9-17(10-8-16)21(3,4)5;;;;;;/h6-15H,1-5H3;6-13H,1-5H3;2*1H3;1H2;2*1H;/q;;;;;;;+2/p-2. The number of fused-ring (bicyclic) bond motifs is 2. The van der Waals surface area contributed by atoms with E-state index in [2.05, 4.69) is 170 Å². The summed E-state index contributed by atoms with van der Waals surface area (Å²) in [6.45, 7) is 22.6. The van der Waals surface area contributed by atoms with E-state index in [1.165, 1.54) is 72.3 Å². The SMILES string of the molecule is [CH2]=[Zr]([CH3])([CH3])([Cl])([Cl])([CH]1C(C(C)C)=Cc2c(-c3ccc(C(C)(C)C)cc3)cccc21)[CH]1C(C)=Cc2c(-c3ccc(C(C)(C)C)cc3)ccc(C)c21. The third-order valence-electron chi connectivity index (χ3n) is 11.8. The van der Waals surface area contributed by atoms with E-state index in [1.807, 2.05) is 0 Å². The predicted octanol–water partition coefficient (Wildman–Crippen LogP) is 14.8. The van der Waals surface area contributed by atoms with Gasteiger partial charge in [-0.1, -0.05) is 0 Å². The second-order valence-electron chi connectivity index (χ2n) is 19.7. The van der Waals surface area contributed by atoms with Crippen molar-refractivity contribution < 1.29 is 12.9 Å². The van der Waals surface area contributed by atoms with Gasteiger partial charge in [0.1, 0.15) is 0 Å². The fourth-order valence-electron chi connectivity index (χ4n) is 9.52. The van der Waals surface area contributed by atoms with Crippen LogP contribution in [0, 0.1) is 12.8 Å². The second kappa shape index (κ2) is 10.4. The maximum atomic E-state index is 8.68. The molecule has 49 heavy (non-hydrogen) atoms. The van der Waals surface area contributed by atoms with Gasteiger partial charge in [-0.15, -0.1) is 0 Å². The molecule has 2 aliphatic carbocycles. The first kappa shape index (κ1) is 36.5. The minimum absolute atomic E-state index is 0.0951. The van der Waals surface area contributed by atoms with E-state index in [1.54, 1.807) is 0 Å². The molecule has 3 heteroatoms. The van der Waals surface area contributed by atoms with Crippen molar-refractivity contribution in [2.45, 2.75) is 96.6 Å². The molecule has 0 bridgehead atoms. The van der Waals surface area contributed by atoms with Crippen LogP contribution in [-0.2, 0) is 23.8 Å². The van der Waals surface area contributed by atoms with Crippen LogP contribution in [0.3, 0.4) is 0 Å². The molecule has 2 atom stereocenters. The van der Waals surface area contributed by atoms with Gasteiger partial charge in [-0.3, -0.25) is 0 Å². The number of hydrogen-bond donors (Lipinski definition) is 0. The van der Waals surface area contributed by atoms with Crippen molar-refractivity contribution in [2.75, 3.05) is 0 Å². The summed E-state index contributed by atoms with van der Waals surface area (Å²) in [4.78, 5) is 0. The number of aryl methyl sites for hydroxylation is 1. The number of benzene rings is 4. The molecule has 6 rings (SSSR count). The van der Waals surface area contributed by atoms with Gasteiger partial charge >= 0.3 is 300 Å². The van der Waals surface area contributed by atoms with Crippen molar-refractivity contribution >= 4 is 33.4 Å². The van der Waals surface area contributed by atoms with Gasteiger partial charge in [0.15, 0.2) is 0 Å². The topological polar surface area (TPSA) is 0 Å². The summed E-state index contributed by atoms with van der Waals surface area (Å²) < 4.78 is 9.27. The zero-order valence-corrected chi connectivity index (χ0v) is 35.8. The van der Waals surface area contributed by atoms with Gasteiger partial charge in [0.05, 0.1) is 0 Å². The van der Waals surface area contributed by atoms with Crippen LogP contribution >= 0.6 is 17.0 Å². The molecule has 0 aliphatic heterocycles. The Kier molecular flexibility index (Phi) is 7.74. The molecule has 0 heterocycles. The fourth-order valence-corrected chi connectivity index (χ4v) is 33.1. The van der Waals surface area contributed by atoms with Gasteiger partial charge in [-0.25, -0.2) is 0 Å². The molecule has 0 aromatic heterocycles. The Balaban J connectivity index is 1.57. The molecule has 258 valence electrons. The van der Waals surface area contributed by atoms with Crippen LogP contribution < -0.4 is 0 Å². The Labute approximate surface area is 297 Å². The van der Waals surface area contributed by atoms with Crippen LogP contribution in [0.5, 0.6) is 0 Å². The van der Waals surface area contributed by atoms with Crippen molar-refractivity contribution in [1.82, 2.24) is 0 Å². The average Bonchev–Trinajstić information content (AvgIpc) is 3.57. The van der Waals surface area contributed by atoms with E-state index in [9.17, 15) is 0 Å². The summed E-state index contributed by atoms with van der Waals surface area (Å²) in [6.07, 6.45) is 4.76. The quantitative estimate of drug-likeness (QED) is 0.190. The van der Waals surface area contributed by atoms with Gasteiger partial charge < -0.3 is 0 Å². The summed E-state index contributed by atoms with van der Waals surface area (Å²) in [5, 5.41) is 0. The van der Waals surface area contributed by atoms with Gasteiger partial charge in [0.2, 0.25) is 0 Å². The maximum absolute atomic E-state index is 8.68. The van der Waals surface area contributed by atoms with E-state index in [0.29, 0.717) is 0 Å². The molecule has 0 saturated heterocycles. The third-order valence-corrected chi connectivity index (χ3v) is 31.9. The van der Waals surface area contributed by atoms with Gasteiger partial charge in [-0.2, -0.15) is 0 Å². The van der Waals surface area contributed by atoms with E-state index < -0.39 is 12.9 Å². The van der Waals surface area contributed by atoms with E-state index in [0.717, 1.165) is 0 Å². The summed E-state index contributed by atoms with van der Waals surface area (Å²) in [5.41, 5.74) is 16.3. The van der Waals surface area contributed by atoms with Crippen LogP contribution in [0.2, 0.25) is 9.26 Å². The molecule has 0 radical (unpaired) electrons. The van der Waals surface area contributed by atoms with Crippen LogP contribution in [0.1, 0.15) is 109 Å². The molecule has 0 amide bonds. The molecule has 4 aromatic rings. The van der Waals surface area contributed by atoms with E-state index in [-0.39, 0.29) is 24.0 Å². The second-order valence-corrected chi connectivity index (χ2v) is 65.2. The summed E-state index contributed by atoms with van der Waals surface area (Å²) >= 11 is -6.29. The Morgan fingerprint density at radius 1 is 0.633 bits per heavy atom. The Hall–Kier alpha value is -2.31. The molecular formula is C46H56Cl2Zr. The van der Waals surface area contributed by atoms with Crippen LogP contribution in [0.4, 0.5) is 0 Å². The van der Waals surface area contributed by atoms with Crippen molar-refractivity contribution in [3.63, 3.8) is 0 Å². The number of halogens is 2. The molecule has 0 fully saturated rings. The monoisotopic (exact) mass is 768 g/mol. The molecule has 0 nitrogen and oxygen atoms in total. The molecule has 0 N–H and O–H groups in total. The van der Waals surface area contributed by atoms with E-state index in [4.69, 9.17) is 21.2 Å². The first-order valence-electron chi connectivity index (χ1n) is 18.1. The summed E-state index contributed by atoms with van der Waals surface area (Å²) in [6, 6.07) is 29.4. The van der Waals surface area contributed by atoms with Crippen molar-refractivity contribution in [2.24, 2.45) is 5.92 Å². The third kappa shape index (κ3) is 5.99. The molecule has 2 aliphatic rings. The van der Waals surface area contributed by atoms with Gasteiger partial charge in [0, 0.05) is 0 Å². The first-order chi connectivity index (χ1) is 22.2. The molecule has 0 saturated carbocycles. The minimum atomic E-state index is -6.29. The normalized spacial score (nSPS) is 20.1. The van der Waals surface area contributed by atoms with E-state index >= 15 is 0 Å². The number of allylic oxidation sites excluding steroid dienone is 2. The molecule has 4 aromatic carbocycles. The van der Waals surface area contributed by atoms with Crippen LogP contribution in [0.25, 0.3) is 34.4 Å². The summed E-state index contributed by atoms with van der Waals surface area (Å²) in [7, 11) is 17.4. The Morgan fingerprint density at radius 2 is 1.12 bits per heavy atom. The van der Waals surface area contributed by atoms with Gasteiger partial charge in [-0.05, 0) is 0 Å². The molecule has 0 spiro atoms. The molecular weight excluding hydrogens is 715 g/mol. The van der Waals surface area contributed by atoms with Crippen molar-refractivity contribution in [3.8, 4) is 22.3 Å². The number of rotatable bonds is 5. The van der Waals surface area contributed by atoms with Gasteiger partial charge in [0.25, 0.3) is 0 Å². The van der Waals surface area contributed by atoms with Crippen LogP contribution in [0.15, 0.2) is 90.0 Å². The Bertz CT molecular complexity index is 2180. The first-order valence-corrected chi connectivity index (χ1v) is 33.9. The van der Waals surface area contributed by atoms with Crippen LogP contribution in [-0.4, -0.2) is 4.21 Å². The predicted molar refractivity (Wildman–Crippen MR) is 218 cm³/mol. The Morgan fingerprint density at radius 3 is 1.59 bits per heavy atom. The molecule has 2 unspecified atom stereocenters. The van der Waals surface area contributed by atoms with Crippen molar-refractivity contribution in [1.29, 1.82) is 0 Å². The number of hydrogen-bond acceptors (Lipinski definition) is 0. The average molecular weight is 771 g/mol. The summed E-state index contributed by atoms with van der Waals surface area (Å²) in [5.74, 6) is 0.239.